The average molecular weight is 256 g/mol. The molecule has 0 radical (unpaired) electrons. The third-order valence-corrected chi connectivity index (χ3v) is 3.21. The number of methoxy groups -OCH3 is 1. The third kappa shape index (κ3) is 2.90. The molecule has 2 nitrogen and oxygen atoms in total. The van der Waals surface area contributed by atoms with Gasteiger partial charge in [0.2, 0.25) is 0 Å². The molecule has 0 heterocycles. The Morgan fingerprint density at radius 2 is 1.63 bits per heavy atom. The van der Waals surface area contributed by atoms with E-state index >= 15 is 0 Å². The molecule has 0 aromatic heterocycles. The van der Waals surface area contributed by atoms with Gasteiger partial charge in [0.05, 0.1) is 7.11 Å². The lowest BCUT2D eigenvalue weighted by Gasteiger charge is -2.21. The maximum absolute atomic E-state index is 9.99. The van der Waals surface area contributed by atoms with E-state index in [-0.39, 0.29) is 5.41 Å². The van der Waals surface area contributed by atoms with Crippen LogP contribution in [0.3, 0.4) is 0 Å². The van der Waals surface area contributed by atoms with Crippen molar-refractivity contribution in [2.24, 2.45) is 0 Å². The van der Waals surface area contributed by atoms with E-state index < -0.39 is 0 Å². The smallest absolute Gasteiger partial charge is 0.119 e. The van der Waals surface area contributed by atoms with Crippen LogP contribution >= 0.6 is 0 Å². The molecule has 0 amide bonds. The highest BCUT2D eigenvalue weighted by Crippen LogP contribution is 2.34. The molecule has 0 spiro atoms. The van der Waals surface area contributed by atoms with Crippen molar-refractivity contribution < 1.29 is 9.84 Å². The van der Waals surface area contributed by atoms with Crippen molar-refractivity contribution in [2.75, 3.05) is 7.11 Å². The van der Waals surface area contributed by atoms with Crippen LogP contribution in [0.5, 0.6) is 11.5 Å². The van der Waals surface area contributed by atoms with E-state index in [1.165, 1.54) is 0 Å². The van der Waals surface area contributed by atoms with Crippen LogP contribution in [0, 0.1) is 0 Å². The van der Waals surface area contributed by atoms with Crippen LogP contribution in [0.25, 0.3) is 11.1 Å². The highest BCUT2D eigenvalue weighted by molar-refractivity contribution is 5.67. The first-order chi connectivity index (χ1) is 8.91. The van der Waals surface area contributed by atoms with Crippen molar-refractivity contribution in [3.63, 3.8) is 0 Å². The van der Waals surface area contributed by atoms with E-state index in [0.29, 0.717) is 5.75 Å². The van der Waals surface area contributed by atoms with Crippen molar-refractivity contribution in [2.45, 2.75) is 26.2 Å². The molecule has 0 atom stereocenters. The fourth-order valence-corrected chi connectivity index (χ4v) is 2.12. The van der Waals surface area contributed by atoms with Gasteiger partial charge < -0.3 is 9.84 Å². The Kier molecular flexibility index (Phi) is 3.52. The predicted octanol–water partition coefficient (Wildman–Crippen LogP) is 4.37. The summed E-state index contributed by atoms with van der Waals surface area (Å²) in [7, 11) is 1.66. The van der Waals surface area contributed by atoms with Crippen LogP contribution in [0.15, 0.2) is 42.5 Å². The van der Waals surface area contributed by atoms with Crippen molar-refractivity contribution >= 4 is 0 Å². The zero-order chi connectivity index (χ0) is 14.0. The Hall–Kier alpha value is -1.96. The van der Waals surface area contributed by atoms with E-state index in [2.05, 4.69) is 20.8 Å². The third-order valence-electron chi connectivity index (χ3n) is 3.21. The molecule has 0 fully saturated rings. The van der Waals surface area contributed by atoms with Gasteiger partial charge in [-0.15, -0.1) is 0 Å². The molecule has 100 valence electrons. The summed E-state index contributed by atoms with van der Waals surface area (Å²) in [6.45, 7) is 6.28. The quantitative estimate of drug-likeness (QED) is 0.864. The van der Waals surface area contributed by atoms with Crippen LogP contribution in [0.2, 0.25) is 0 Å². The van der Waals surface area contributed by atoms with Gasteiger partial charge in [-0.1, -0.05) is 39.0 Å². The molecule has 2 rings (SSSR count). The Bertz CT molecular complexity index is 580. The molecule has 0 saturated carbocycles. The Balaban J connectivity index is 2.51. The second-order valence-electron chi connectivity index (χ2n) is 5.71. The van der Waals surface area contributed by atoms with Crippen molar-refractivity contribution in [1.82, 2.24) is 0 Å². The monoisotopic (exact) mass is 256 g/mol. The molecule has 0 unspecified atom stereocenters. The van der Waals surface area contributed by atoms with Gasteiger partial charge in [0.1, 0.15) is 11.5 Å². The summed E-state index contributed by atoms with van der Waals surface area (Å²) in [6, 6.07) is 13.7. The average Bonchev–Trinajstić information content (AvgIpc) is 2.38. The summed E-state index contributed by atoms with van der Waals surface area (Å²) in [5.41, 5.74) is 3.04. The fraction of sp³-hybridized carbons (Fsp3) is 0.294. The second-order valence-corrected chi connectivity index (χ2v) is 5.71. The minimum Gasteiger partial charge on any atom is -0.508 e. The Morgan fingerprint density at radius 3 is 2.26 bits per heavy atom. The molecule has 2 heteroatoms. The largest absolute Gasteiger partial charge is 0.508 e. The summed E-state index contributed by atoms with van der Waals surface area (Å²) < 4.78 is 5.25. The molecular weight excluding hydrogens is 236 g/mol. The standard InChI is InChI=1S/C17H20O2/c1-17(2,3)15-11-13(8-9-16(15)18)12-6-5-7-14(10-12)19-4/h5-11,18H,1-4H3. The van der Waals surface area contributed by atoms with E-state index in [1.54, 1.807) is 13.2 Å². The highest BCUT2D eigenvalue weighted by atomic mass is 16.5. The fourth-order valence-electron chi connectivity index (χ4n) is 2.12. The molecule has 1 N–H and O–H groups in total. The minimum absolute atomic E-state index is 0.0844. The number of phenolic OH excluding ortho intramolecular Hbond substituents is 1. The SMILES string of the molecule is COc1cccc(-c2ccc(O)c(C(C)(C)C)c2)c1. The normalized spacial score (nSPS) is 11.4. The maximum Gasteiger partial charge on any atom is 0.119 e. The van der Waals surface area contributed by atoms with Gasteiger partial charge in [-0.2, -0.15) is 0 Å². The number of rotatable bonds is 2. The molecule has 2 aromatic carbocycles. The van der Waals surface area contributed by atoms with Gasteiger partial charge in [0.25, 0.3) is 0 Å². The molecule has 0 aliphatic heterocycles. The minimum atomic E-state index is -0.0844. The van der Waals surface area contributed by atoms with Crippen LogP contribution in [-0.2, 0) is 5.41 Å². The zero-order valence-corrected chi connectivity index (χ0v) is 11.9. The summed E-state index contributed by atoms with van der Waals surface area (Å²) in [6.07, 6.45) is 0. The molecule has 2 aromatic rings. The molecular formula is C17H20O2. The van der Waals surface area contributed by atoms with Crippen LogP contribution in [-0.4, -0.2) is 12.2 Å². The lowest BCUT2D eigenvalue weighted by atomic mass is 9.84. The molecule has 0 saturated heterocycles. The van der Waals surface area contributed by atoms with Crippen LogP contribution in [0.1, 0.15) is 26.3 Å². The van der Waals surface area contributed by atoms with Crippen molar-refractivity contribution in [1.29, 1.82) is 0 Å². The van der Waals surface area contributed by atoms with Gasteiger partial charge in [-0.05, 0) is 46.4 Å². The maximum atomic E-state index is 9.99. The molecule has 0 bridgehead atoms. The molecule has 0 aliphatic rings. The van der Waals surface area contributed by atoms with Crippen molar-refractivity contribution in [3.8, 4) is 22.6 Å². The van der Waals surface area contributed by atoms with E-state index in [9.17, 15) is 5.11 Å². The number of hydrogen-bond donors (Lipinski definition) is 1. The number of phenols is 1. The second kappa shape index (κ2) is 4.96. The van der Waals surface area contributed by atoms with Crippen molar-refractivity contribution in [3.05, 3.63) is 48.0 Å². The van der Waals surface area contributed by atoms with Crippen LogP contribution < -0.4 is 4.74 Å². The number of benzene rings is 2. The zero-order valence-electron chi connectivity index (χ0n) is 11.9. The molecule has 0 aliphatic carbocycles. The molecule has 19 heavy (non-hydrogen) atoms. The first kappa shape index (κ1) is 13.5. The van der Waals surface area contributed by atoms with E-state index in [4.69, 9.17) is 4.74 Å². The summed E-state index contributed by atoms with van der Waals surface area (Å²) in [5.74, 6) is 1.18. The van der Waals surface area contributed by atoms with E-state index in [0.717, 1.165) is 22.4 Å². The number of ether oxygens (including phenoxy) is 1. The highest BCUT2D eigenvalue weighted by Gasteiger charge is 2.18. The summed E-state index contributed by atoms with van der Waals surface area (Å²) >= 11 is 0. The lowest BCUT2D eigenvalue weighted by Crippen LogP contribution is -2.11. The summed E-state index contributed by atoms with van der Waals surface area (Å²) in [5, 5.41) is 9.99. The topological polar surface area (TPSA) is 29.5 Å². The first-order valence-corrected chi connectivity index (χ1v) is 6.40. The van der Waals surface area contributed by atoms with Gasteiger partial charge in [-0.25, -0.2) is 0 Å². The van der Waals surface area contributed by atoms with Gasteiger partial charge >= 0.3 is 0 Å². The number of aromatic hydroxyl groups is 1. The van der Waals surface area contributed by atoms with Gasteiger partial charge in [0, 0.05) is 0 Å². The Labute approximate surface area is 114 Å². The van der Waals surface area contributed by atoms with Gasteiger partial charge in [-0.3, -0.25) is 0 Å². The lowest BCUT2D eigenvalue weighted by molar-refractivity contribution is 0.415. The first-order valence-electron chi connectivity index (χ1n) is 6.40. The van der Waals surface area contributed by atoms with E-state index in [1.807, 2.05) is 36.4 Å². The predicted molar refractivity (Wildman–Crippen MR) is 78.8 cm³/mol. The van der Waals surface area contributed by atoms with Crippen LogP contribution in [0.4, 0.5) is 0 Å². The summed E-state index contributed by atoms with van der Waals surface area (Å²) in [4.78, 5) is 0. The van der Waals surface area contributed by atoms with Gasteiger partial charge in [0.15, 0.2) is 0 Å². The Morgan fingerprint density at radius 1 is 0.947 bits per heavy atom. The number of hydrogen-bond acceptors (Lipinski definition) is 2.